The highest BCUT2D eigenvalue weighted by Crippen LogP contribution is 2.36. The predicted octanol–water partition coefficient (Wildman–Crippen LogP) is 4.14. The van der Waals surface area contributed by atoms with Crippen LogP contribution in [-0.2, 0) is 6.42 Å². The van der Waals surface area contributed by atoms with Crippen LogP contribution in [0.1, 0.15) is 25.3 Å². The SMILES string of the molecule is CC[C@H]1CC2C=CC1CN2CCc1c[nH]c2ccc(F)cc12. The van der Waals surface area contributed by atoms with Crippen LogP contribution >= 0.6 is 0 Å². The number of benzene rings is 1. The lowest BCUT2D eigenvalue weighted by molar-refractivity contribution is 0.0895. The molecule has 3 heterocycles. The number of hydrogen-bond donors (Lipinski definition) is 1. The fourth-order valence-electron chi connectivity index (χ4n) is 4.23. The molecule has 22 heavy (non-hydrogen) atoms. The van der Waals surface area contributed by atoms with Crippen molar-refractivity contribution in [2.75, 3.05) is 13.1 Å². The smallest absolute Gasteiger partial charge is 0.123 e. The van der Waals surface area contributed by atoms with Gasteiger partial charge in [0.2, 0.25) is 0 Å². The van der Waals surface area contributed by atoms with E-state index in [1.165, 1.54) is 31.0 Å². The first-order chi connectivity index (χ1) is 10.7. The largest absolute Gasteiger partial charge is 0.361 e. The molecule has 1 N–H and O–H groups in total. The summed E-state index contributed by atoms with van der Waals surface area (Å²) in [6.45, 7) is 4.56. The normalized spacial score (nSPS) is 27.8. The van der Waals surface area contributed by atoms with Crippen LogP contribution in [0.2, 0.25) is 0 Å². The predicted molar refractivity (Wildman–Crippen MR) is 88.3 cm³/mol. The molecule has 0 radical (unpaired) electrons. The second kappa shape index (κ2) is 5.54. The van der Waals surface area contributed by atoms with E-state index in [4.69, 9.17) is 0 Å². The lowest BCUT2D eigenvalue weighted by Crippen LogP contribution is -2.49. The Morgan fingerprint density at radius 1 is 1.32 bits per heavy atom. The molecule has 1 saturated heterocycles. The molecular formula is C19H23FN2. The van der Waals surface area contributed by atoms with Gasteiger partial charge in [-0.2, -0.15) is 0 Å². The monoisotopic (exact) mass is 298 g/mol. The number of aromatic amines is 1. The minimum Gasteiger partial charge on any atom is -0.361 e. The van der Waals surface area contributed by atoms with E-state index in [2.05, 4.69) is 29.0 Å². The molecule has 1 aliphatic carbocycles. The summed E-state index contributed by atoms with van der Waals surface area (Å²) in [4.78, 5) is 5.86. The standard InChI is InChI=1S/C19H23FN2/c1-2-13-9-17-5-3-15(13)12-22(17)8-7-14-11-21-19-6-4-16(20)10-18(14)19/h3-6,10-11,13,15,17,21H,2,7-9,12H2,1H3/t13-,15?,17?/m0/s1. The number of nitrogens with zero attached hydrogens (tertiary/aromatic N) is 1. The van der Waals surface area contributed by atoms with Crippen LogP contribution in [0.15, 0.2) is 36.5 Å². The summed E-state index contributed by atoms with van der Waals surface area (Å²) in [6, 6.07) is 5.60. The third-order valence-corrected chi connectivity index (χ3v) is 5.57. The molecule has 1 fully saturated rings. The molecule has 3 aliphatic rings. The lowest BCUT2D eigenvalue weighted by Gasteiger charge is -2.46. The average molecular weight is 298 g/mol. The van der Waals surface area contributed by atoms with Gasteiger partial charge in [-0.3, -0.25) is 4.90 Å². The highest BCUT2D eigenvalue weighted by molar-refractivity contribution is 5.83. The number of halogens is 1. The third kappa shape index (κ3) is 2.38. The second-order valence-electron chi connectivity index (χ2n) is 6.77. The zero-order valence-corrected chi connectivity index (χ0v) is 13.1. The van der Waals surface area contributed by atoms with Crippen molar-refractivity contribution in [1.29, 1.82) is 0 Å². The van der Waals surface area contributed by atoms with E-state index < -0.39 is 0 Å². The number of H-pyrrole nitrogens is 1. The molecule has 116 valence electrons. The Morgan fingerprint density at radius 2 is 2.23 bits per heavy atom. The molecule has 2 unspecified atom stereocenters. The van der Waals surface area contributed by atoms with E-state index in [0.717, 1.165) is 35.7 Å². The first-order valence-corrected chi connectivity index (χ1v) is 8.42. The number of piperidine rings is 1. The zero-order valence-electron chi connectivity index (χ0n) is 13.1. The summed E-state index contributed by atoms with van der Waals surface area (Å²) < 4.78 is 13.5. The van der Waals surface area contributed by atoms with E-state index in [0.29, 0.717) is 6.04 Å². The van der Waals surface area contributed by atoms with Gasteiger partial charge >= 0.3 is 0 Å². The van der Waals surface area contributed by atoms with Crippen LogP contribution in [0, 0.1) is 17.7 Å². The number of rotatable bonds is 4. The van der Waals surface area contributed by atoms with Gasteiger partial charge in [-0.25, -0.2) is 4.39 Å². The van der Waals surface area contributed by atoms with Crippen molar-refractivity contribution < 1.29 is 4.39 Å². The van der Waals surface area contributed by atoms with Gasteiger partial charge in [0.25, 0.3) is 0 Å². The van der Waals surface area contributed by atoms with E-state index in [-0.39, 0.29) is 5.82 Å². The highest BCUT2D eigenvalue weighted by Gasteiger charge is 2.35. The van der Waals surface area contributed by atoms with Crippen molar-refractivity contribution in [3.05, 3.63) is 47.9 Å². The average Bonchev–Trinajstić information content (AvgIpc) is 2.95. The second-order valence-corrected chi connectivity index (χ2v) is 6.77. The van der Waals surface area contributed by atoms with Crippen LogP contribution in [0.25, 0.3) is 10.9 Å². The third-order valence-electron chi connectivity index (χ3n) is 5.57. The van der Waals surface area contributed by atoms with Crippen molar-refractivity contribution in [3.63, 3.8) is 0 Å². The summed E-state index contributed by atoms with van der Waals surface area (Å²) in [6.07, 6.45) is 10.4. The van der Waals surface area contributed by atoms with Crippen molar-refractivity contribution in [3.8, 4) is 0 Å². The topological polar surface area (TPSA) is 19.0 Å². The van der Waals surface area contributed by atoms with Gasteiger partial charge in [-0.1, -0.05) is 25.5 Å². The molecule has 0 spiro atoms. The highest BCUT2D eigenvalue weighted by atomic mass is 19.1. The minimum atomic E-state index is -0.154. The lowest BCUT2D eigenvalue weighted by atomic mass is 9.75. The zero-order chi connectivity index (χ0) is 15.1. The van der Waals surface area contributed by atoms with Crippen molar-refractivity contribution >= 4 is 10.9 Å². The van der Waals surface area contributed by atoms with Crippen molar-refractivity contribution in [2.45, 2.75) is 32.2 Å². The van der Waals surface area contributed by atoms with Crippen molar-refractivity contribution in [1.82, 2.24) is 9.88 Å². The van der Waals surface area contributed by atoms with E-state index in [1.807, 2.05) is 12.3 Å². The van der Waals surface area contributed by atoms with Gasteiger partial charge < -0.3 is 4.98 Å². The number of aromatic nitrogens is 1. The molecule has 2 nitrogen and oxygen atoms in total. The molecule has 2 bridgehead atoms. The minimum absolute atomic E-state index is 0.154. The van der Waals surface area contributed by atoms with Crippen LogP contribution < -0.4 is 0 Å². The van der Waals surface area contributed by atoms with Crippen LogP contribution in [-0.4, -0.2) is 29.0 Å². The van der Waals surface area contributed by atoms with Crippen LogP contribution in [0.4, 0.5) is 4.39 Å². The van der Waals surface area contributed by atoms with Gasteiger partial charge in [0, 0.05) is 36.2 Å². The maximum absolute atomic E-state index is 13.5. The molecule has 2 aromatic rings. The summed E-state index contributed by atoms with van der Waals surface area (Å²) in [5, 5.41) is 1.03. The van der Waals surface area contributed by atoms with Crippen LogP contribution in [0.3, 0.4) is 0 Å². The van der Waals surface area contributed by atoms with Gasteiger partial charge in [-0.05, 0) is 48.4 Å². The molecule has 5 rings (SSSR count). The van der Waals surface area contributed by atoms with E-state index >= 15 is 0 Å². The maximum atomic E-state index is 13.5. The number of nitrogens with one attached hydrogen (secondary N) is 1. The number of fused-ring (bicyclic) bond motifs is 3. The number of hydrogen-bond acceptors (Lipinski definition) is 1. The molecular weight excluding hydrogens is 275 g/mol. The Hall–Kier alpha value is -1.61. The quantitative estimate of drug-likeness (QED) is 0.841. The molecule has 0 amide bonds. The Balaban J connectivity index is 1.47. The Bertz CT molecular complexity index is 703. The van der Waals surface area contributed by atoms with Gasteiger partial charge in [0.1, 0.15) is 5.82 Å². The van der Waals surface area contributed by atoms with E-state index in [1.54, 1.807) is 6.07 Å². The summed E-state index contributed by atoms with van der Waals surface area (Å²) in [5.41, 5.74) is 2.26. The first-order valence-electron chi connectivity index (χ1n) is 8.42. The van der Waals surface area contributed by atoms with Crippen LogP contribution in [0.5, 0.6) is 0 Å². The molecule has 1 aromatic carbocycles. The summed E-state index contributed by atoms with van der Waals surface area (Å²) in [7, 11) is 0. The molecule has 1 aromatic heterocycles. The maximum Gasteiger partial charge on any atom is 0.123 e. The molecule has 3 atom stereocenters. The van der Waals surface area contributed by atoms with Gasteiger partial charge in [0.05, 0.1) is 0 Å². The summed E-state index contributed by atoms with van der Waals surface area (Å²) >= 11 is 0. The Labute approximate surface area is 131 Å². The molecule has 3 heteroatoms. The molecule has 0 saturated carbocycles. The van der Waals surface area contributed by atoms with Gasteiger partial charge in [0.15, 0.2) is 0 Å². The Kier molecular flexibility index (Phi) is 3.53. The van der Waals surface area contributed by atoms with Crippen molar-refractivity contribution in [2.24, 2.45) is 11.8 Å². The fraction of sp³-hybridized carbons (Fsp3) is 0.474. The first kappa shape index (κ1) is 14.0. The fourth-order valence-corrected chi connectivity index (χ4v) is 4.23. The summed E-state index contributed by atoms with van der Waals surface area (Å²) in [5.74, 6) is 1.45. The van der Waals surface area contributed by atoms with Gasteiger partial charge in [-0.15, -0.1) is 0 Å². The Morgan fingerprint density at radius 3 is 3.00 bits per heavy atom. The van der Waals surface area contributed by atoms with E-state index in [9.17, 15) is 4.39 Å². The molecule has 2 aliphatic heterocycles.